The van der Waals surface area contributed by atoms with Crippen LogP contribution in [0, 0.1) is 24.1 Å². The summed E-state index contributed by atoms with van der Waals surface area (Å²) >= 11 is 0. The molecule has 7 heteroatoms. The van der Waals surface area contributed by atoms with E-state index in [1.165, 1.54) is 22.6 Å². The molecule has 3 aromatic rings. The summed E-state index contributed by atoms with van der Waals surface area (Å²) in [6, 6.07) is 12.8. The van der Waals surface area contributed by atoms with Crippen molar-refractivity contribution in [2.24, 2.45) is 4.99 Å². The highest BCUT2D eigenvalue weighted by Gasteiger charge is 2.06. The Morgan fingerprint density at radius 1 is 1.18 bits per heavy atom. The van der Waals surface area contributed by atoms with E-state index in [1.807, 2.05) is 12.3 Å². The van der Waals surface area contributed by atoms with Crippen molar-refractivity contribution in [3.8, 4) is 6.07 Å². The van der Waals surface area contributed by atoms with Crippen molar-refractivity contribution in [1.82, 2.24) is 15.6 Å². The van der Waals surface area contributed by atoms with Crippen molar-refractivity contribution in [3.05, 3.63) is 70.7 Å². The lowest BCUT2D eigenvalue weighted by Gasteiger charge is -2.12. The fraction of sp³-hybridized carbons (Fsp3) is 0.238. The number of nitriles is 1. The largest absolute Gasteiger partial charge is 0.361 e. The molecular weight excluding hydrogens is 468 g/mol. The third kappa shape index (κ3) is 5.23. The van der Waals surface area contributed by atoms with Gasteiger partial charge in [0.05, 0.1) is 11.6 Å². The lowest BCUT2D eigenvalue weighted by atomic mass is 10.1. The van der Waals surface area contributed by atoms with Crippen molar-refractivity contribution in [2.75, 3.05) is 13.6 Å². The Kier molecular flexibility index (Phi) is 7.81. The fourth-order valence-corrected chi connectivity index (χ4v) is 2.98. The molecule has 0 saturated heterocycles. The van der Waals surface area contributed by atoms with E-state index in [9.17, 15) is 4.39 Å². The van der Waals surface area contributed by atoms with E-state index in [2.05, 4.69) is 45.7 Å². The molecule has 1 heterocycles. The molecule has 28 heavy (non-hydrogen) atoms. The standard InChI is InChI=1S/C21H22FN5.HI/c1-14-3-6-18-16(12-26-20(18)9-14)7-8-25-21(24-2)27-13-17-5-4-15(11-23)10-19(17)22;/h3-6,9-10,12,26H,7-8,13H2,1-2H3,(H2,24,25,27);1H. The highest BCUT2D eigenvalue weighted by molar-refractivity contribution is 14.0. The molecule has 0 aliphatic heterocycles. The molecule has 0 atom stereocenters. The number of rotatable bonds is 5. The van der Waals surface area contributed by atoms with E-state index in [4.69, 9.17) is 5.26 Å². The summed E-state index contributed by atoms with van der Waals surface area (Å²) in [5, 5.41) is 16.4. The van der Waals surface area contributed by atoms with Crippen LogP contribution in [0.5, 0.6) is 0 Å². The topological polar surface area (TPSA) is 76.0 Å². The smallest absolute Gasteiger partial charge is 0.191 e. The molecule has 0 aliphatic rings. The van der Waals surface area contributed by atoms with Gasteiger partial charge in [-0.1, -0.05) is 18.2 Å². The predicted molar refractivity (Wildman–Crippen MR) is 121 cm³/mol. The van der Waals surface area contributed by atoms with Gasteiger partial charge in [0.2, 0.25) is 0 Å². The zero-order valence-electron chi connectivity index (χ0n) is 15.8. The van der Waals surface area contributed by atoms with Gasteiger partial charge in [0, 0.05) is 42.8 Å². The molecule has 0 bridgehead atoms. The van der Waals surface area contributed by atoms with Crippen LogP contribution >= 0.6 is 24.0 Å². The zero-order valence-corrected chi connectivity index (χ0v) is 18.2. The molecule has 0 fully saturated rings. The molecule has 3 rings (SSSR count). The van der Waals surface area contributed by atoms with Crippen molar-refractivity contribution in [1.29, 1.82) is 5.26 Å². The number of fused-ring (bicyclic) bond motifs is 1. The molecule has 2 aromatic carbocycles. The van der Waals surface area contributed by atoms with E-state index in [1.54, 1.807) is 19.2 Å². The lowest BCUT2D eigenvalue weighted by molar-refractivity contribution is 0.604. The summed E-state index contributed by atoms with van der Waals surface area (Å²) in [7, 11) is 1.68. The monoisotopic (exact) mass is 491 g/mol. The van der Waals surface area contributed by atoms with E-state index in [-0.39, 0.29) is 24.0 Å². The Labute approximate surface area is 181 Å². The molecule has 146 valence electrons. The second-order valence-electron chi connectivity index (χ2n) is 6.38. The number of hydrogen-bond donors (Lipinski definition) is 3. The number of aromatic nitrogens is 1. The third-order valence-electron chi connectivity index (χ3n) is 4.46. The zero-order chi connectivity index (χ0) is 19.2. The van der Waals surface area contributed by atoms with Crippen molar-refractivity contribution >= 4 is 40.8 Å². The minimum Gasteiger partial charge on any atom is -0.361 e. The molecule has 0 spiro atoms. The van der Waals surface area contributed by atoms with E-state index < -0.39 is 5.82 Å². The number of nitrogens with one attached hydrogen (secondary N) is 3. The quantitative estimate of drug-likeness (QED) is 0.287. The molecule has 1 aromatic heterocycles. The van der Waals surface area contributed by atoms with Crippen LogP contribution in [-0.2, 0) is 13.0 Å². The first-order valence-corrected chi connectivity index (χ1v) is 8.80. The molecule has 0 unspecified atom stereocenters. The normalized spacial score (nSPS) is 11.0. The maximum Gasteiger partial charge on any atom is 0.191 e. The van der Waals surface area contributed by atoms with Gasteiger partial charge in [0.25, 0.3) is 0 Å². The van der Waals surface area contributed by atoms with Crippen LogP contribution in [0.15, 0.2) is 47.6 Å². The first-order valence-electron chi connectivity index (χ1n) is 8.80. The number of aryl methyl sites for hydroxylation is 1. The number of aromatic amines is 1. The van der Waals surface area contributed by atoms with Crippen LogP contribution in [0.3, 0.4) is 0 Å². The third-order valence-corrected chi connectivity index (χ3v) is 4.46. The average Bonchev–Trinajstić information content (AvgIpc) is 3.07. The summed E-state index contributed by atoms with van der Waals surface area (Å²) in [5.41, 5.74) is 4.42. The Balaban J connectivity index is 0.00000280. The summed E-state index contributed by atoms with van der Waals surface area (Å²) < 4.78 is 14.0. The number of aliphatic imine (C=N–C) groups is 1. The molecular formula is C21H23FIN5. The van der Waals surface area contributed by atoms with Gasteiger partial charge in [-0.2, -0.15) is 5.26 Å². The Morgan fingerprint density at radius 3 is 2.71 bits per heavy atom. The van der Waals surface area contributed by atoms with Crippen LogP contribution in [0.2, 0.25) is 0 Å². The Bertz CT molecular complexity index is 1020. The van der Waals surface area contributed by atoms with Gasteiger partial charge in [-0.15, -0.1) is 24.0 Å². The number of halogens is 2. The van der Waals surface area contributed by atoms with Crippen LogP contribution in [0.4, 0.5) is 4.39 Å². The second kappa shape index (κ2) is 10.1. The van der Waals surface area contributed by atoms with Gasteiger partial charge >= 0.3 is 0 Å². The molecule has 0 amide bonds. The minimum absolute atomic E-state index is 0. The molecule has 3 N–H and O–H groups in total. The summed E-state index contributed by atoms with van der Waals surface area (Å²) in [5.74, 6) is 0.209. The highest BCUT2D eigenvalue weighted by Crippen LogP contribution is 2.19. The summed E-state index contributed by atoms with van der Waals surface area (Å²) in [6.07, 6.45) is 2.88. The van der Waals surface area contributed by atoms with Gasteiger partial charge in [0.15, 0.2) is 5.96 Å². The van der Waals surface area contributed by atoms with E-state index >= 15 is 0 Å². The van der Waals surface area contributed by atoms with Crippen LogP contribution in [0.25, 0.3) is 10.9 Å². The Hall–Kier alpha value is -2.60. The molecule has 5 nitrogen and oxygen atoms in total. The first-order chi connectivity index (χ1) is 13.1. The number of hydrogen-bond acceptors (Lipinski definition) is 2. The SMILES string of the molecule is CN=C(NCCc1c[nH]c2cc(C)ccc12)NCc1ccc(C#N)cc1F.I. The first kappa shape index (κ1) is 21.7. The maximum atomic E-state index is 14.0. The fourth-order valence-electron chi connectivity index (χ4n) is 2.98. The van der Waals surface area contributed by atoms with Gasteiger partial charge in [-0.25, -0.2) is 4.39 Å². The molecule has 0 saturated carbocycles. The number of nitrogens with zero attached hydrogens (tertiary/aromatic N) is 2. The number of H-pyrrole nitrogens is 1. The highest BCUT2D eigenvalue weighted by atomic mass is 127. The van der Waals surface area contributed by atoms with Gasteiger partial charge in [-0.05, 0) is 42.7 Å². The summed E-state index contributed by atoms with van der Waals surface area (Å²) in [6.45, 7) is 3.08. The lowest BCUT2D eigenvalue weighted by Crippen LogP contribution is -2.38. The average molecular weight is 491 g/mol. The maximum absolute atomic E-state index is 14.0. The Morgan fingerprint density at radius 2 is 2.00 bits per heavy atom. The van der Waals surface area contributed by atoms with Crippen molar-refractivity contribution in [3.63, 3.8) is 0 Å². The van der Waals surface area contributed by atoms with Gasteiger partial charge in [0.1, 0.15) is 5.82 Å². The number of benzene rings is 2. The van der Waals surface area contributed by atoms with E-state index in [0.717, 1.165) is 11.9 Å². The van der Waals surface area contributed by atoms with Crippen LogP contribution < -0.4 is 10.6 Å². The predicted octanol–water partition coefficient (Wildman–Crippen LogP) is 4.01. The van der Waals surface area contributed by atoms with Crippen LogP contribution in [-0.4, -0.2) is 24.5 Å². The van der Waals surface area contributed by atoms with E-state index in [0.29, 0.717) is 30.2 Å². The molecule has 0 radical (unpaired) electrons. The van der Waals surface area contributed by atoms with Crippen LogP contribution in [0.1, 0.15) is 22.3 Å². The number of guanidine groups is 1. The van der Waals surface area contributed by atoms with Crippen molar-refractivity contribution < 1.29 is 4.39 Å². The van der Waals surface area contributed by atoms with Crippen molar-refractivity contribution in [2.45, 2.75) is 19.9 Å². The summed E-state index contributed by atoms with van der Waals surface area (Å²) in [4.78, 5) is 7.48. The molecule has 0 aliphatic carbocycles. The second-order valence-corrected chi connectivity index (χ2v) is 6.38. The van der Waals surface area contributed by atoms with Gasteiger partial charge < -0.3 is 15.6 Å². The van der Waals surface area contributed by atoms with Gasteiger partial charge in [-0.3, -0.25) is 4.99 Å². The minimum atomic E-state index is -0.397.